The zero-order valence-electron chi connectivity index (χ0n) is 11.5. The summed E-state index contributed by atoms with van der Waals surface area (Å²) in [6.45, 7) is 8.00. The summed E-state index contributed by atoms with van der Waals surface area (Å²) in [6, 6.07) is 0.801. The van der Waals surface area contributed by atoms with Crippen LogP contribution in [0.15, 0.2) is 0 Å². The Balaban J connectivity index is 0.000000487. The lowest BCUT2D eigenvalue weighted by atomic mass is 9.88. The molecule has 1 aliphatic rings. The van der Waals surface area contributed by atoms with Gasteiger partial charge in [-0.25, -0.2) is 0 Å². The van der Waals surface area contributed by atoms with Crippen molar-refractivity contribution < 1.29 is 5.11 Å². The molecule has 0 heterocycles. The van der Waals surface area contributed by atoms with E-state index in [4.69, 9.17) is 5.11 Å². The molecule has 2 heteroatoms. The number of aliphatic hydroxyl groups excluding tert-OH is 1. The van der Waals surface area contributed by atoms with Crippen molar-refractivity contribution in [1.29, 1.82) is 0 Å². The second-order valence-electron chi connectivity index (χ2n) is 4.86. The molecular formula is C14H31NO. The highest BCUT2D eigenvalue weighted by Gasteiger charge is 2.16. The van der Waals surface area contributed by atoms with Crippen LogP contribution in [0.4, 0.5) is 0 Å². The van der Waals surface area contributed by atoms with Crippen molar-refractivity contribution in [2.75, 3.05) is 13.2 Å². The molecule has 98 valence electrons. The van der Waals surface area contributed by atoms with Crippen molar-refractivity contribution in [3.63, 3.8) is 0 Å². The summed E-state index contributed by atoms with van der Waals surface area (Å²) in [5.41, 5.74) is 0. The minimum absolute atomic E-state index is 0.319. The molecule has 0 aromatic carbocycles. The molecule has 1 rings (SSSR count). The molecule has 1 fully saturated rings. The van der Waals surface area contributed by atoms with Gasteiger partial charge in [0.25, 0.3) is 0 Å². The zero-order chi connectivity index (χ0) is 12.2. The summed E-state index contributed by atoms with van der Waals surface area (Å²) in [4.78, 5) is 0. The smallest absolute Gasteiger partial charge is 0.0428 e. The molecule has 0 aliphatic heterocycles. The lowest BCUT2D eigenvalue weighted by molar-refractivity contribution is 0.295. The molecule has 2 atom stereocenters. The monoisotopic (exact) mass is 229 g/mol. The van der Waals surface area contributed by atoms with Crippen LogP contribution in [0, 0.1) is 5.92 Å². The van der Waals surface area contributed by atoms with E-state index in [1.165, 1.54) is 38.5 Å². The third-order valence-corrected chi connectivity index (χ3v) is 3.30. The summed E-state index contributed by atoms with van der Waals surface area (Å²) in [5, 5.41) is 11.5. The van der Waals surface area contributed by atoms with E-state index in [0.29, 0.717) is 6.61 Å². The molecule has 0 saturated heterocycles. The van der Waals surface area contributed by atoms with E-state index in [0.717, 1.165) is 24.9 Å². The van der Waals surface area contributed by atoms with Crippen LogP contribution in [0.2, 0.25) is 0 Å². The average molecular weight is 229 g/mol. The van der Waals surface area contributed by atoms with Gasteiger partial charge in [0.15, 0.2) is 0 Å². The van der Waals surface area contributed by atoms with Gasteiger partial charge in [-0.05, 0) is 31.7 Å². The molecule has 2 N–H and O–H groups in total. The number of rotatable bonds is 3. The normalized spacial score (nSPS) is 26.2. The van der Waals surface area contributed by atoms with Gasteiger partial charge in [0.2, 0.25) is 0 Å². The minimum atomic E-state index is 0.319. The highest BCUT2D eigenvalue weighted by atomic mass is 16.2. The first-order valence-electron chi connectivity index (χ1n) is 7.10. The molecule has 0 spiro atoms. The predicted octanol–water partition coefficient (Wildman–Crippen LogP) is 3.34. The number of hydrogen-bond donors (Lipinski definition) is 2. The molecule has 1 aliphatic carbocycles. The minimum Gasteiger partial charge on any atom is -0.396 e. The Morgan fingerprint density at radius 1 is 1.06 bits per heavy atom. The Bertz CT molecular complexity index is 137. The van der Waals surface area contributed by atoms with Gasteiger partial charge in [-0.15, -0.1) is 0 Å². The lowest BCUT2D eigenvalue weighted by Crippen LogP contribution is -2.35. The molecule has 16 heavy (non-hydrogen) atoms. The molecule has 0 bridgehead atoms. The maximum absolute atomic E-state index is 7.88. The molecule has 1 saturated carbocycles. The third kappa shape index (κ3) is 8.12. The Morgan fingerprint density at radius 2 is 1.62 bits per heavy atom. The molecule has 2 unspecified atom stereocenters. The predicted molar refractivity (Wildman–Crippen MR) is 71.7 cm³/mol. The van der Waals surface area contributed by atoms with Gasteiger partial charge in [0, 0.05) is 12.6 Å². The molecule has 2 nitrogen and oxygen atoms in total. The maximum Gasteiger partial charge on any atom is 0.0428 e. The number of aliphatic hydroxyl groups is 1. The van der Waals surface area contributed by atoms with Gasteiger partial charge in [-0.3, -0.25) is 0 Å². The van der Waals surface area contributed by atoms with Crippen LogP contribution in [-0.4, -0.2) is 24.3 Å². The van der Waals surface area contributed by atoms with E-state index in [1.54, 1.807) is 0 Å². The van der Waals surface area contributed by atoms with Crippen molar-refractivity contribution in [2.24, 2.45) is 5.92 Å². The number of hydrogen-bond acceptors (Lipinski definition) is 2. The van der Waals surface area contributed by atoms with Crippen LogP contribution in [0.1, 0.15) is 65.7 Å². The van der Waals surface area contributed by atoms with Gasteiger partial charge in [-0.2, -0.15) is 0 Å². The van der Waals surface area contributed by atoms with Gasteiger partial charge < -0.3 is 10.4 Å². The standard InChI is InChI=1S/C11H23N.C3H8O/c1-3-12-11-9-7-5-4-6-8-10(11)2;1-2-3-4/h10-12H,3-9H2,1-2H3;4H,2-3H2,1H3. The average Bonchev–Trinajstić information content (AvgIpc) is 2.29. The number of nitrogens with one attached hydrogen (secondary N) is 1. The molecule has 0 aromatic rings. The fourth-order valence-corrected chi connectivity index (χ4v) is 2.24. The molecule has 0 radical (unpaired) electrons. The van der Waals surface area contributed by atoms with E-state index >= 15 is 0 Å². The molecule has 0 aromatic heterocycles. The second kappa shape index (κ2) is 11.4. The van der Waals surface area contributed by atoms with Crippen LogP contribution in [0.3, 0.4) is 0 Å². The SMILES string of the molecule is CCCO.CCNC1CCCCCCC1C. The zero-order valence-corrected chi connectivity index (χ0v) is 11.5. The molecular weight excluding hydrogens is 198 g/mol. The second-order valence-corrected chi connectivity index (χ2v) is 4.86. The van der Waals surface area contributed by atoms with Crippen molar-refractivity contribution in [3.05, 3.63) is 0 Å². The quantitative estimate of drug-likeness (QED) is 0.778. The largest absolute Gasteiger partial charge is 0.396 e. The highest BCUT2D eigenvalue weighted by Crippen LogP contribution is 2.22. The topological polar surface area (TPSA) is 32.3 Å². The highest BCUT2D eigenvalue weighted by molar-refractivity contribution is 4.74. The van der Waals surface area contributed by atoms with Crippen LogP contribution in [-0.2, 0) is 0 Å². The Morgan fingerprint density at radius 3 is 2.12 bits per heavy atom. The van der Waals surface area contributed by atoms with Crippen molar-refractivity contribution in [3.8, 4) is 0 Å². The summed E-state index contributed by atoms with van der Waals surface area (Å²) in [6.07, 6.45) is 9.50. The van der Waals surface area contributed by atoms with Crippen molar-refractivity contribution in [2.45, 2.75) is 71.8 Å². The van der Waals surface area contributed by atoms with Gasteiger partial charge in [0.1, 0.15) is 0 Å². The van der Waals surface area contributed by atoms with Gasteiger partial charge in [0.05, 0.1) is 0 Å². The fourth-order valence-electron chi connectivity index (χ4n) is 2.24. The van der Waals surface area contributed by atoms with E-state index in [2.05, 4.69) is 19.2 Å². The van der Waals surface area contributed by atoms with Crippen LogP contribution >= 0.6 is 0 Å². The van der Waals surface area contributed by atoms with E-state index in [-0.39, 0.29) is 0 Å². The van der Waals surface area contributed by atoms with Crippen molar-refractivity contribution in [1.82, 2.24) is 5.32 Å². The first kappa shape index (κ1) is 15.9. The third-order valence-electron chi connectivity index (χ3n) is 3.30. The van der Waals surface area contributed by atoms with Gasteiger partial charge in [-0.1, -0.05) is 46.5 Å². The van der Waals surface area contributed by atoms with E-state index in [1.807, 2.05) is 6.92 Å². The molecule has 0 amide bonds. The van der Waals surface area contributed by atoms with Crippen LogP contribution in [0.25, 0.3) is 0 Å². The summed E-state index contributed by atoms with van der Waals surface area (Å²) in [7, 11) is 0. The Hall–Kier alpha value is -0.0800. The summed E-state index contributed by atoms with van der Waals surface area (Å²) < 4.78 is 0. The maximum atomic E-state index is 7.88. The van der Waals surface area contributed by atoms with Gasteiger partial charge >= 0.3 is 0 Å². The van der Waals surface area contributed by atoms with Crippen LogP contribution < -0.4 is 5.32 Å². The summed E-state index contributed by atoms with van der Waals surface area (Å²) >= 11 is 0. The van der Waals surface area contributed by atoms with E-state index < -0.39 is 0 Å². The Labute approximate surface area is 102 Å². The Kier molecular flexibility index (Phi) is 11.3. The first-order chi connectivity index (χ1) is 7.76. The summed E-state index contributed by atoms with van der Waals surface area (Å²) in [5.74, 6) is 0.894. The lowest BCUT2D eigenvalue weighted by Gasteiger charge is -2.26. The fraction of sp³-hybridized carbons (Fsp3) is 1.00. The van der Waals surface area contributed by atoms with Crippen molar-refractivity contribution >= 4 is 0 Å². The van der Waals surface area contributed by atoms with E-state index in [9.17, 15) is 0 Å². The van der Waals surface area contributed by atoms with Crippen LogP contribution in [0.5, 0.6) is 0 Å². The first-order valence-corrected chi connectivity index (χ1v) is 7.10.